The van der Waals surface area contributed by atoms with Crippen LogP contribution >= 0.6 is 0 Å². The average molecular weight is 288 g/mol. The predicted octanol–water partition coefficient (Wildman–Crippen LogP) is 2.94. The van der Waals surface area contributed by atoms with Crippen molar-refractivity contribution in [2.24, 2.45) is 0 Å². The van der Waals surface area contributed by atoms with E-state index in [2.05, 4.69) is 20.5 Å². The van der Waals surface area contributed by atoms with Gasteiger partial charge in [-0.15, -0.1) is 0 Å². The van der Waals surface area contributed by atoms with Crippen molar-refractivity contribution in [3.63, 3.8) is 0 Å². The largest absolute Gasteiger partial charge is 0.360 e. The van der Waals surface area contributed by atoms with Gasteiger partial charge in [-0.3, -0.25) is 9.89 Å². The molecule has 0 aliphatic carbocycles. The lowest BCUT2D eigenvalue weighted by Crippen LogP contribution is -2.13. The molecule has 106 valence electrons. The van der Waals surface area contributed by atoms with Crippen molar-refractivity contribution in [1.82, 2.24) is 15.2 Å². The van der Waals surface area contributed by atoms with Gasteiger partial charge in [0.2, 0.25) is 0 Å². The minimum atomic E-state index is -0.840. The predicted molar refractivity (Wildman–Crippen MR) is 72.7 cm³/mol. The van der Waals surface area contributed by atoms with Gasteiger partial charge < -0.3 is 10.3 Å². The first-order chi connectivity index (χ1) is 10.1. The number of carbonyl (C=O) groups excluding carboxylic acids is 1. The molecule has 21 heavy (non-hydrogen) atoms. The highest BCUT2D eigenvalue weighted by Gasteiger charge is 2.13. The minimum absolute atomic E-state index is 0.0996. The molecule has 0 saturated carbocycles. The van der Waals surface area contributed by atoms with E-state index in [1.165, 1.54) is 6.07 Å². The lowest BCUT2D eigenvalue weighted by molar-refractivity contribution is 0.102. The lowest BCUT2D eigenvalue weighted by Gasteiger charge is -2.04. The van der Waals surface area contributed by atoms with Crippen LogP contribution in [0, 0.1) is 11.6 Å². The first kappa shape index (κ1) is 13.0. The van der Waals surface area contributed by atoms with E-state index in [1.54, 1.807) is 18.3 Å². The monoisotopic (exact) mass is 288 g/mol. The van der Waals surface area contributed by atoms with Crippen LogP contribution in [0.25, 0.3) is 11.4 Å². The Bertz CT molecular complexity index is 780. The highest BCUT2D eigenvalue weighted by atomic mass is 19.1. The Balaban J connectivity index is 1.79. The number of H-pyrrole nitrogens is 2. The molecule has 3 N–H and O–H groups in total. The zero-order valence-corrected chi connectivity index (χ0v) is 10.7. The quantitative estimate of drug-likeness (QED) is 0.693. The van der Waals surface area contributed by atoms with Crippen molar-refractivity contribution in [1.29, 1.82) is 0 Å². The van der Waals surface area contributed by atoms with E-state index in [0.29, 0.717) is 11.8 Å². The highest BCUT2D eigenvalue weighted by molar-refractivity contribution is 6.03. The number of amides is 1. The summed E-state index contributed by atoms with van der Waals surface area (Å²) < 4.78 is 26.3. The summed E-state index contributed by atoms with van der Waals surface area (Å²) in [6, 6.07) is 8.06. The molecule has 0 bridgehead atoms. The van der Waals surface area contributed by atoms with Crippen LogP contribution in [0.1, 0.15) is 10.5 Å². The van der Waals surface area contributed by atoms with Crippen molar-refractivity contribution in [3.05, 3.63) is 59.9 Å². The summed E-state index contributed by atoms with van der Waals surface area (Å²) in [5.74, 6) is -2.11. The molecule has 0 spiro atoms. The van der Waals surface area contributed by atoms with Crippen LogP contribution in [-0.2, 0) is 0 Å². The standard InChI is InChI=1S/C14H10F2N4O/c15-8-3-4-10(9(16)6-8)18-14(21)13-7-12(19-20-13)11-2-1-5-17-11/h1-7,17H,(H,18,21)(H,19,20). The molecular formula is C14H10F2N4O. The molecule has 2 heterocycles. The Morgan fingerprint density at radius 2 is 2.05 bits per heavy atom. The molecule has 0 radical (unpaired) electrons. The fraction of sp³-hybridized carbons (Fsp3) is 0. The Morgan fingerprint density at radius 3 is 2.76 bits per heavy atom. The molecule has 1 aromatic carbocycles. The van der Waals surface area contributed by atoms with E-state index in [-0.39, 0.29) is 11.4 Å². The van der Waals surface area contributed by atoms with E-state index in [4.69, 9.17) is 0 Å². The topological polar surface area (TPSA) is 73.6 Å². The normalized spacial score (nSPS) is 10.6. The van der Waals surface area contributed by atoms with Gasteiger partial charge in [0.15, 0.2) is 0 Å². The molecule has 0 atom stereocenters. The minimum Gasteiger partial charge on any atom is -0.360 e. The summed E-state index contributed by atoms with van der Waals surface area (Å²) in [5, 5.41) is 8.90. The Kier molecular flexibility index (Phi) is 3.23. The number of aromatic nitrogens is 3. The molecular weight excluding hydrogens is 278 g/mol. The van der Waals surface area contributed by atoms with E-state index in [0.717, 1.165) is 17.8 Å². The molecule has 0 saturated heterocycles. The van der Waals surface area contributed by atoms with Crippen LogP contribution in [0.3, 0.4) is 0 Å². The third-order valence-electron chi connectivity index (χ3n) is 2.88. The van der Waals surface area contributed by atoms with Crippen LogP contribution in [0.5, 0.6) is 0 Å². The molecule has 1 amide bonds. The van der Waals surface area contributed by atoms with Crippen LogP contribution in [0.15, 0.2) is 42.6 Å². The van der Waals surface area contributed by atoms with Gasteiger partial charge in [-0.05, 0) is 30.3 Å². The lowest BCUT2D eigenvalue weighted by atomic mass is 10.2. The van der Waals surface area contributed by atoms with Crippen molar-refractivity contribution < 1.29 is 13.6 Å². The van der Waals surface area contributed by atoms with Crippen molar-refractivity contribution >= 4 is 11.6 Å². The SMILES string of the molecule is O=C(Nc1ccc(F)cc1F)c1cc(-c2ccc[nH]2)n[nH]1. The number of hydrogen-bond acceptors (Lipinski definition) is 2. The summed E-state index contributed by atoms with van der Waals surface area (Å²) in [5.41, 5.74) is 1.38. The molecule has 7 heteroatoms. The maximum absolute atomic E-state index is 13.5. The fourth-order valence-corrected chi connectivity index (χ4v) is 1.85. The van der Waals surface area contributed by atoms with Crippen LogP contribution in [0.4, 0.5) is 14.5 Å². The van der Waals surface area contributed by atoms with Gasteiger partial charge in [0.1, 0.15) is 23.0 Å². The number of nitrogens with zero attached hydrogens (tertiary/aromatic N) is 1. The summed E-state index contributed by atoms with van der Waals surface area (Å²) in [7, 11) is 0. The van der Waals surface area contributed by atoms with Gasteiger partial charge in [0.05, 0.1) is 11.4 Å². The number of benzene rings is 1. The molecule has 3 rings (SSSR count). The third kappa shape index (κ3) is 2.66. The third-order valence-corrected chi connectivity index (χ3v) is 2.88. The fourth-order valence-electron chi connectivity index (χ4n) is 1.85. The molecule has 0 unspecified atom stereocenters. The highest BCUT2D eigenvalue weighted by Crippen LogP contribution is 2.18. The number of carbonyl (C=O) groups is 1. The van der Waals surface area contributed by atoms with Gasteiger partial charge in [-0.1, -0.05) is 0 Å². The maximum Gasteiger partial charge on any atom is 0.273 e. The van der Waals surface area contributed by atoms with Gasteiger partial charge >= 0.3 is 0 Å². The number of rotatable bonds is 3. The average Bonchev–Trinajstić information content (AvgIpc) is 3.10. The zero-order chi connectivity index (χ0) is 14.8. The molecule has 0 fully saturated rings. The maximum atomic E-state index is 13.5. The van der Waals surface area contributed by atoms with Crippen molar-refractivity contribution in [3.8, 4) is 11.4 Å². The summed E-state index contributed by atoms with van der Waals surface area (Å²) >= 11 is 0. The molecule has 2 aromatic heterocycles. The van der Waals surface area contributed by atoms with Gasteiger partial charge in [0, 0.05) is 12.3 Å². The van der Waals surface area contributed by atoms with E-state index in [1.807, 2.05) is 0 Å². The van der Waals surface area contributed by atoms with Gasteiger partial charge in [0.25, 0.3) is 5.91 Å². The number of anilines is 1. The first-order valence-corrected chi connectivity index (χ1v) is 6.09. The Morgan fingerprint density at radius 1 is 1.19 bits per heavy atom. The van der Waals surface area contributed by atoms with Gasteiger partial charge in [-0.25, -0.2) is 8.78 Å². The first-order valence-electron chi connectivity index (χ1n) is 6.09. The Hall–Kier alpha value is -2.96. The molecule has 0 aliphatic heterocycles. The molecule has 3 aromatic rings. The number of nitrogens with one attached hydrogen (secondary N) is 3. The summed E-state index contributed by atoms with van der Waals surface area (Å²) in [6.45, 7) is 0. The van der Waals surface area contributed by atoms with Crippen LogP contribution in [-0.4, -0.2) is 21.1 Å². The van der Waals surface area contributed by atoms with Crippen LogP contribution < -0.4 is 5.32 Å². The van der Waals surface area contributed by atoms with E-state index >= 15 is 0 Å². The van der Waals surface area contributed by atoms with E-state index in [9.17, 15) is 13.6 Å². The summed E-state index contributed by atoms with van der Waals surface area (Å²) in [4.78, 5) is 14.9. The Labute approximate surface area is 118 Å². The van der Waals surface area contributed by atoms with Crippen molar-refractivity contribution in [2.75, 3.05) is 5.32 Å². The number of halogens is 2. The second kappa shape index (κ2) is 5.20. The number of hydrogen-bond donors (Lipinski definition) is 3. The molecule has 5 nitrogen and oxygen atoms in total. The van der Waals surface area contributed by atoms with E-state index < -0.39 is 17.5 Å². The second-order valence-corrected chi connectivity index (χ2v) is 4.33. The van der Waals surface area contributed by atoms with Crippen LogP contribution in [0.2, 0.25) is 0 Å². The zero-order valence-electron chi connectivity index (χ0n) is 10.7. The smallest absolute Gasteiger partial charge is 0.273 e. The summed E-state index contributed by atoms with van der Waals surface area (Å²) in [6.07, 6.45) is 1.73. The van der Waals surface area contributed by atoms with Crippen molar-refractivity contribution in [2.45, 2.75) is 0 Å². The molecule has 0 aliphatic rings. The van der Waals surface area contributed by atoms with Gasteiger partial charge in [-0.2, -0.15) is 5.10 Å². The second-order valence-electron chi connectivity index (χ2n) is 4.33. The number of aromatic amines is 2.